The summed E-state index contributed by atoms with van der Waals surface area (Å²) in [5.74, 6) is 0. The number of nitrogens with two attached hydrogens (primary N) is 1. The van der Waals surface area contributed by atoms with Crippen LogP contribution in [0.25, 0.3) is 0 Å². The third-order valence-electron chi connectivity index (χ3n) is 0.979. The van der Waals surface area contributed by atoms with Gasteiger partial charge in [0.25, 0.3) is 0 Å². The second kappa shape index (κ2) is 4.13. The SMILES string of the molecule is Cc1cc[c-]c(N)c1.[Tm]. The Bertz CT molecular complexity index is 169. The van der Waals surface area contributed by atoms with Crippen LogP contribution in [0.5, 0.6) is 0 Å². The minimum atomic E-state index is 0. The molecule has 0 amide bonds. The summed E-state index contributed by atoms with van der Waals surface area (Å²) in [6, 6.07) is 8.53. The normalized spacial score (nSPS) is 8.11. The molecule has 0 saturated carbocycles. The van der Waals surface area contributed by atoms with Gasteiger partial charge >= 0.3 is 0 Å². The molecule has 55 valence electrons. The molecule has 1 aromatic carbocycles. The predicted octanol–water partition coefficient (Wildman–Crippen LogP) is 1.38. The number of anilines is 1. The first-order valence-electron chi connectivity index (χ1n) is 2.53. The monoisotopic (exact) mass is 275 g/mol. The molecule has 0 unspecified atom stereocenters. The first kappa shape index (κ1) is 9.25. The van der Waals surface area contributed by atoms with Crippen LogP contribution in [0.3, 0.4) is 0 Å². The Morgan fingerprint density at radius 2 is 2.22 bits per heavy atom. The van der Waals surface area contributed by atoms with Gasteiger partial charge in [-0.3, -0.25) is 0 Å². The summed E-state index contributed by atoms with van der Waals surface area (Å²) < 4.78 is 0. The van der Waals surface area contributed by atoms with E-state index in [1.54, 1.807) is 0 Å². The molecule has 0 spiro atoms. The molecule has 0 fully saturated rings. The van der Waals surface area contributed by atoms with E-state index in [9.17, 15) is 0 Å². The Kier molecular flexibility index (Phi) is 4.25. The molecule has 1 radical (unpaired) electrons. The van der Waals surface area contributed by atoms with Crippen molar-refractivity contribution >= 4 is 5.69 Å². The van der Waals surface area contributed by atoms with Crippen LogP contribution in [0.4, 0.5) is 5.69 Å². The smallest absolute Gasteiger partial charge is 0 e. The summed E-state index contributed by atoms with van der Waals surface area (Å²) in [6.07, 6.45) is 0. The summed E-state index contributed by atoms with van der Waals surface area (Å²) in [5, 5.41) is 0. The number of nitrogen functional groups attached to an aromatic ring is 1. The number of rotatable bonds is 0. The van der Waals surface area contributed by atoms with Gasteiger partial charge in [0.1, 0.15) is 0 Å². The van der Waals surface area contributed by atoms with E-state index >= 15 is 0 Å². The second-order valence-electron chi connectivity index (χ2n) is 1.82. The van der Waals surface area contributed by atoms with Crippen LogP contribution in [-0.2, 0) is 0 Å². The molecular formula is C7H8NTm-. The van der Waals surface area contributed by atoms with E-state index in [-0.39, 0.29) is 36.9 Å². The molecule has 1 aromatic rings. The first-order valence-corrected chi connectivity index (χ1v) is 2.53. The van der Waals surface area contributed by atoms with Crippen LogP contribution in [0.15, 0.2) is 18.2 Å². The Morgan fingerprint density at radius 3 is 2.56 bits per heavy atom. The van der Waals surface area contributed by atoms with Gasteiger partial charge in [0.2, 0.25) is 0 Å². The fraction of sp³-hybridized carbons (Fsp3) is 0.143. The minimum Gasteiger partial charge on any atom is -0.420 e. The number of hydrogen-bond donors (Lipinski definition) is 1. The molecule has 9 heavy (non-hydrogen) atoms. The van der Waals surface area contributed by atoms with Crippen molar-refractivity contribution in [2.75, 3.05) is 5.73 Å². The van der Waals surface area contributed by atoms with Crippen molar-refractivity contribution in [1.82, 2.24) is 0 Å². The summed E-state index contributed by atoms with van der Waals surface area (Å²) in [6.45, 7) is 2.00. The molecule has 1 rings (SSSR count). The third kappa shape index (κ3) is 3.07. The van der Waals surface area contributed by atoms with E-state index in [4.69, 9.17) is 5.73 Å². The van der Waals surface area contributed by atoms with Gasteiger partial charge in [-0.25, -0.2) is 0 Å². The van der Waals surface area contributed by atoms with Gasteiger partial charge in [-0.1, -0.05) is 12.6 Å². The van der Waals surface area contributed by atoms with E-state index in [0.29, 0.717) is 5.69 Å². The van der Waals surface area contributed by atoms with Crippen LogP contribution in [0.1, 0.15) is 5.56 Å². The molecule has 0 atom stereocenters. The molecule has 2 heteroatoms. The van der Waals surface area contributed by atoms with E-state index in [1.807, 2.05) is 25.1 Å². The van der Waals surface area contributed by atoms with Crippen molar-refractivity contribution < 1.29 is 36.9 Å². The Hall–Kier alpha value is 0.254. The fourth-order valence-corrected chi connectivity index (χ4v) is 0.604. The van der Waals surface area contributed by atoms with Gasteiger partial charge in [-0.05, 0) is 0 Å². The maximum Gasteiger partial charge on any atom is 0 e. The quantitative estimate of drug-likeness (QED) is 0.562. The second-order valence-corrected chi connectivity index (χ2v) is 1.82. The zero-order valence-corrected chi connectivity index (χ0v) is 6.87. The molecule has 0 aromatic heterocycles. The zero-order chi connectivity index (χ0) is 5.98. The van der Waals surface area contributed by atoms with Crippen LogP contribution in [-0.4, -0.2) is 0 Å². The fourth-order valence-electron chi connectivity index (χ4n) is 0.604. The molecule has 0 saturated heterocycles. The van der Waals surface area contributed by atoms with E-state index in [0.717, 1.165) is 0 Å². The van der Waals surface area contributed by atoms with Crippen LogP contribution in [0, 0.1) is 49.9 Å². The third-order valence-corrected chi connectivity index (χ3v) is 0.979. The van der Waals surface area contributed by atoms with Crippen LogP contribution < -0.4 is 5.73 Å². The van der Waals surface area contributed by atoms with Gasteiger partial charge in [0.15, 0.2) is 0 Å². The van der Waals surface area contributed by atoms with Gasteiger partial charge < -0.3 is 5.73 Å². The molecular weight excluding hydrogens is 267 g/mol. The van der Waals surface area contributed by atoms with Gasteiger partial charge in [-0.2, -0.15) is 23.8 Å². The van der Waals surface area contributed by atoms with Crippen LogP contribution >= 0.6 is 0 Å². The van der Waals surface area contributed by atoms with Gasteiger partial charge in [-0.15, -0.1) is 6.07 Å². The molecule has 0 aliphatic rings. The maximum atomic E-state index is 5.40. The van der Waals surface area contributed by atoms with E-state index in [2.05, 4.69) is 6.07 Å². The van der Waals surface area contributed by atoms with Crippen molar-refractivity contribution in [1.29, 1.82) is 0 Å². The summed E-state index contributed by atoms with van der Waals surface area (Å²) in [7, 11) is 0. The Labute approximate surface area is 84.4 Å². The molecule has 0 bridgehead atoms. The van der Waals surface area contributed by atoms with Crippen molar-refractivity contribution in [3.63, 3.8) is 0 Å². The molecule has 0 aliphatic carbocycles. The number of benzene rings is 1. The van der Waals surface area contributed by atoms with Crippen molar-refractivity contribution in [3.8, 4) is 0 Å². The number of hydrogen-bond acceptors (Lipinski definition) is 1. The Balaban J connectivity index is 0.000000640. The van der Waals surface area contributed by atoms with Crippen molar-refractivity contribution in [2.45, 2.75) is 6.92 Å². The first-order chi connectivity index (χ1) is 3.79. The standard InChI is InChI=1S/C7H8N.Tm/c1-6-3-2-4-7(8)5-6;/h2-3,5H,8H2,1H3;/q-1;. The minimum absolute atomic E-state index is 0. The topological polar surface area (TPSA) is 26.0 Å². The summed E-state index contributed by atoms with van der Waals surface area (Å²) >= 11 is 0. The van der Waals surface area contributed by atoms with E-state index < -0.39 is 0 Å². The van der Waals surface area contributed by atoms with E-state index in [1.165, 1.54) is 5.56 Å². The largest absolute Gasteiger partial charge is 0.420 e. The average molecular weight is 275 g/mol. The molecule has 1 nitrogen and oxygen atoms in total. The summed E-state index contributed by atoms with van der Waals surface area (Å²) in [4.78, 5) is 0. The molecule has 0 aliphatic heterocycles. The van der Waals surface area contributed by atoms with Crippen molar-refractivity contribution in [3.05, 3.63) is 29.8 Å². The van der Waals surface area contributed by atoms with Crippen molar-refractivity contribution in [2.24, 2.45) is 0 Å². The molecule has 2 N–H and O–H groups in total. The Morgan fingerprint density at radius 1 is 1.56 bits per heavy atom. The predicted molar refractivity (Wildman–Crippen MR) is 34.4 cm³/mol. The van der Waals surface area contributed by atoms with Gasteiger partial charge in [0, 0.05) is 36.9 Å². The maximum absolute atomic E-state index is 5.40. The summed E-state index contributed by atoms with van der Waals surface area (Å²) in [5.41, 5.74) is 7.30. The van der Waals surface area contributed by atoms with Gasteiger partial charge in [0.05, 0.1) is 0 Å². The molecule has 0 heterocycles. The number of aryl methyl sites for hydroxylation is 1. The average Bonchev–Trinajstić information content (AvgIpc) is 1.64. The zero-order valence-electron chi connectivity index (χ0n) is 5.09. The van der Waals surface area contributed by atoms with Crippen LogP contribution in [0.2, 0.25) is 0 Å².